The van der Waals surface area contributed by atoms with Crippen LogP contribution in [0.3, 0.4) is 0 Å². The van der Waals surface area contributed by atoms with E-state index < -0.39 is 0 Å². The Labute approximate surface area is 159 Å². The van der Waals surface area contributed by atoms with Gasteiger partial charge >= 0.3 is 0 Å². The van der Waals surface area contributed by atoms with Gasteiger partial charge in [-0.1, -0.05) is 17.7 Å². The lowest BCUT2D eigenvalue weighted by Crippen LogP contribution is -3.15. The summed E-state index contributed by atoms with van der Waals surface area (Å²) in [5, 5.41) is 4.00. The normalized spacial score (nSPS) is 23.0. The largest absolute Gasteiger partial charge is 0.364 e. The Morgan fingerprint density at radius 1 is 1.32 bits per heavy atom. The van der Waals surface area contributed by atoms with Crippen LogP contribution < -0.4 is 21.1 Å². The minimum Gasteiger partial charge on any atom is -0.364 e. The maximum Gasteiger partial charge on any atom is 0.244 e. The maximum absolute atomic E-state index is 12.0. The highest BCUT2D eigenvalue weighted by atomic mass is 35.5. The molecule has 0 aliphatic carbocycles. The van der Waals surface area contributed by atoms with Crippen molar-refractivity contribution in [3.63, 3.8) is 0 Å². The van der Waals surface area contributed by atoms with Crippen molar-refractivity contribution in [2.24, 2.45) is 0 Å². The summed E-state index contributed by atoms with van der Waals surface area (Å²) in [5.74, 6) is -0.0914. The number of morpholine rings is 1. The Balaban J connectivity index is 1.70. The van der Waals surface area contributed by atoms with Gasteiger partial charge in [-0.2, -0.15) is 0 Å². The second-order valence-electron chi connectivity index (χ2n) is 6.46. The van der Waals surface area contributed by atoms with Crippen LogP contribution in [-0.4, -0.2) is 42.9 Å². The van der Waals surface area contributed by atoms with Crippen LogP contribution in [0.1, 0.15) is 25.8 Å². The minimum absolute atomic E-state index is 0.0914. The van der Waals surface area contributed by atoms with Crippen molar-refractivity contribution in [1.82, 2.24) is 10.9 Å². The third kappa shape index (κ3) is 6.43. The molecule has 1 aromatic rings. The molecule has 0 aromatic heterocycles. The number of ether oxygens (including phenoxy) is 1. The van der Waals surface area contributed by atoms with Crippen LogP contribution in [0.15, 0.2) is 18.2 Å². The molecule has 1 unspecified atom stereocenters. The average molecular weight is 386 g/mol. The molecule has 25 heavy (non-hydrogen) atoms. The smallest absolute Gasteiger partial charge is 0.244 e. The Kier molecular flexibility index (Phi) is 7.43. The molecule has 1 fully saturated rings. The van der Waals surface area contributed by atoms with E-state index in [0.29, 0.717) is 16.6 Å². The van der Waals surface area contributed by atoms with Crippen LogP contribution in [0.5, 0.6) is 0 Å². The number of thiocarbonyl (C=S) groups is 1. The first-order chi connectivity index (χ1) is 11.8. The van der Waals surface area contributed by atoms with Gasteiger partial charge in [0.2, 0.25) is 5.91 Å². The summed E-state index contributed by atoms with van der Waals surface area (Å²) in [6.07, 6.45) is 0.899. The molecule has 1 saturated heterocycles. The number of anilines is 1. The zero-order valence-corrected chi connectivity index (χ0v) is 16.4. The number of carbonyl (C=O) groups is 1. The molecule has 1 aromatic carbocycles. The van der Waals surface area contributed by atoms with E-state index in [4.69, 9.17) is 28.6 Å². The second kappa shape index (κ2) is 9.33. The fourth-order valence-electron chi connectivity index (χ4n) is 2.97. The highest BCUT2D eigenvalue weighted by Crippen LogP contribution is 2.22. The molecule has 0 spiro atoms. The van der Waals surface area contributed by atoms with Crippen LogP contribution in [0, 0.1) is 6.92 Å². The molecule has 1 amide bonds. The summed E-state index contributed by atoms with van der Waals surface area (Å²) in [7, 11) is 0. The first-order valence-electron chi connectivity index (χ1n) is 8.45. The van der Waals surface area contributed by atoms with E-state index in [1.807, 2.05) is 25.1 Å². The molecule has 0 saturated carbocycles. The van der Waals surface area contributed by atoms with E-state index in [1.54, 1.807) is 0 Å². The van der Waals surface area contributed by atoms with Crippen LogP contribution in [0.25, 0.3) is 0 Å². The molecule has 6 nitrogen and oxygen atoms in total. The number of hydrazine groups is 1. The van der Waals surface area contributed by atoms with Crippen LogP contribution in [-0.2, 0) is 9.53 Å². The van der Waals surface area contributed by atoms with E-state index >= 15 is 0 Å². The maximum atomic E-state index is 12.0. The molecule has 1 heterocycles. The molecule has 4 N–H and O–H groups in total. The van der Waals surface area contributed by atoms with Crippen LogP contribution in [0.2, 0.25) is 5.02 Å². The molecular weight excluding hydrogens is 360 g/mol. The minimum atomic E-state index is -0.0914. The van der Waals surface area contributed by atoms with Crippen molar-refractivity contribution in [2.45, 2.75) is 39.4 Å². The zero-order chi connectivity index (χ0) is 18.4. The summed E-state index contributed by atoms with van der Waals surface area (Å²) in [4.78, 5) is 13.4. The van der Waals surface area contributed by atoms with Crippen molar-refractivity contribution >= 4 is 40.5 Å². The molecule has 3 atom stereocenters. The van der Waals surface area contributed by atoms with Crippen molar-refractivity contribution < 1.29 is 14.4 Å². The summed E-state index contributed by atoms with van der Waals surface area (Å²) in [6, 6.07) is 5.53. The van der Waals surface area contributed by atoms with Gasteiger partial charge in [-0.25, -0.2) is 0 Å². The van der Waals surface area contributed by atoms with Crippen molar-refractivity contribution in [1.29, 1.82) is 0 Å². The molecule has 2 rings (SSSR count). The van der Waals surface area contributed by atoms with Gasteiger partial charge in [0.15, 0.2) is 5.11 Å². The number of hydrogen-bond acceptors (Lipinski definition) is 3. The topological polar surface area (TPSA) is 66.8 Å². The molecule has 1 aliphatic rings. The quantitative estimate of drug-likeness (QED) is 0.461. The van der Waals surface area contributed by atoms with E-state index in [1.165, 1.54) is 4.90 Å². The number of rotatable bonds is 4. The van der Waals surface area contributed by atoms with Gasteiger partial charge in [0.25, 0.3) is 0 Å². The highest BCUT2D eigenvalue weighted by molar-refractivity contribution is 7.80. The number of halogens is 1. The molecule has 8 heteroatoms. The predicted molar refractivity (Wildman–Crippen MR) is 104 cm³/mol. The van der Waals surface area contributed by atoms with Crippen molar-refractivity contribution in [2.75, 3.05) is 25.0 Å². The second-order valence-corrected chi connectivity index (χ2v) is 7.27. The van der Waals surface area contributed by atoms with Gasteiger partial charge < -0.3 is 15.0 Å². The first kappa shape index (κ1) is 19.9. The lowest BCUT2D eigenvalue weighted by Gasteiger charge is -2.32. The van der Waals surface area contributed by atoms with Crippen molar-refractivity contribution in [3.8, 4) is 0 Å². The van der Waals surface area contributed by atoms with Crippen LogP contribution >= 0.6 is 23.8 Å². The Hall–Kier alpha value is -1.41. The van der Waals surface area contributed by atoms with Gasteiger partial charge in [-0.15, -0.1) is 0 Å². The first-order valence-corrected chi connectivity index (χ1v) is 9.23. The SMILES string of the molecule is Cc1c(Cl)cccc1NC(=S)NNC(=O)CC[NH+]1C[C@@H](C)O[C@@H](C)C1. The van der Waals surface area contributed by atoms with Gasteiger partial charge in [-0.05, 0) is 50.7 Å². The number of carbonyl (C=O) groups excluding carboxylic acids is 1. The van der Waals surface area contributed by atoms with E-state index in [2.05, 4.69) is 30.0 Å². The van der Waals surface area contributed by atoms with E-state index in [9.17, 15) is 4.79 Å². The van der Waals surface area contributed by atoms with E-state index in [0.717, 1.165) is 30.9 Å². The average Bonchev–Trinajstić information content (AvgIpc) is 2.54. The number of hydrogen-bond donors (Lipinski definition) is 4. The number of benzene rings is 1. The molecule has 138 valence electrons. The summed E-state index contributed by atoms with van der Waals surface area (Å²) in [5.41, 5.74) is 7.06. The lowest BCUT2D eigenvalue weighted by molar-refractivity contribution is -0.914. The zero-order valence-electron chi connectivity index (χ0n) is 14.8. The summed E-state index contributed by atoms with van der Waals surface area (Å²) < 4.78 is 5.71. The number of amides is 1. The standard InChI is InChI=1S/C17H25ClN4O2S/c1-11-9-22(10-12(2)24-11)8-7-16(23)20-21-17(25)19-15-6-4-5-14(18)13(15)3/h4-6,11-12H,7-10H2,1-3H3,(H,20,23)(H2,19,21,25)/p+1/t11-,12+. The fraction of sp³-hybridized carbons (Fsp3) is 0.529. The Morgan fingerprint density at radius 3 is 2.68 bits per heavy atom. The Bertz CT molecular complexity index is 619. The summed E-state index contributed by atoms with van der Waals surface area (Å²) >= 11 is 11.3. The van der Waals surface area contributed by atoms with Crippen LogP contribution in [0.4, 0.5) is 5.69 Å². The predicted octanol–water partition coefficient (Wildman–Crippen LogP) is 1.05. The van der Waals surface area contributed by atoms with Crippen molar-refractivity contribution in [3.05, 3.63) is 28.8 Å². The summed E-state index contributed by atoms with van der Waals surface area (Å²) in [6.45, 7) is 8.68. The van der Waals surface area contributed by atoms with Gasteiger partial charge in [0.1, 0.15) is 25.3 Å². The Morgan fingerprint density at radius 2 is 2.00 bits per heavy atom. The lowest BCUT2D eigenvalue weighted by atomic mass is 10.2. The van der Waals surface area contributed by atoms with Gasteiger partial charge in [0.05, 0.1) is 13.0 Å². The van der Waals surface area contributed by atoms with Gasteiger partial charge in [-0.3, -0.25) is 15.6 Å². The molecular formula is C17H26ClN4O2S+. The molecule has 0 bridgehead atoms. The van der Waals surface area contributed by atoms with E-state index in [-0.39, 0.29) is 18.1 Å². The third-order valence-electron chi connectivity index (χ3n) is 4.15. The highest BCUT2D eigenvalue weighted by Gasteiger charge is 2.25. The third-order valence-corrected chi connectivity index (χ3v) is 4.77. The van der Waals surface area contributed by atoms with Gasteiger partial charge in [0, 0.05) is 10.7 Å². The monoisotopic (exact) mass is 385 g/mol. The molecule has 0 radical (unpaired) electrons. The molecule has 1 aliphatic heterocycles. The fourth-order valence-corrected chi connectivity index (χ4v) is 3.30. The number of quaternary nitrogens is 1. The number of nitrogens with one attached hydrogen (secondary N) is 4.